The number of hydrogen-bond acceptors (Lipinski definition) is 3. The number of aliphatic hydroxyl groups excluding tert-OH is 1. The van der Waals surface area contributed by atoms with Crippen molar-refractivity contribution in [2.75, 3.05) is 23.8 Å². The zero-order valence-corrected chi connectivity index (χ0v) is 9.90. The summed E-state index contributed by atoms with van der Waals surface area (Å²) in [6.45, 7) is 0.574. The van der Waals surface area contributed by atoms with Crippen LogP contribution in [0, 0.1) is 5.82 Å². The van der Waals surface area contributed by atoms with Gasteiger partial charge in [-0.05, 0) is 31.0 Å². The van der Waals surface area contributed by atoms with Gasteiger partial charge in [0.15, 0.2) is 0 Å². The highest BCUT2D eigenvalue weighted by Crippen LogP contribution is 2.31. The fraction of sp³-hybridized carbons (Fsp3) is 0.538. The van der Waals surface area contributed by atoms with E-state index in [1.807, 2.05) is 4.90 Å². The number of anilines is 2. The smallest absolute Gasteiger partial charge is 0.125 e. The Kier molecular flexibility index (Phi) is 3.84. The van der Waals surface area contributed by atoms with Crippen molar-refractivity contribution in [1.29, 1.82) is 0 Å². The van der Waals surface area contributed by atoms with Crippen molar-refractivity contribution in [3.05, 3.63) is 24.0 Å². The highest BCUT2D eigenvalue weighted by Gasteiger charge is 2.24. The molecular weight excluding hydrogens is 219 g/mol. The first-order chi connectivity index (χ1) is 8.22. The molecule has 0 amide bonds. The van der Waals surface area contributed by atoms with E-state index >= 15 is 0 Å². The van der Waals surface area contributed by atoms with E-state index in [4.69, 9.17) is 10.8 Å². The van der Waals surface area contributed by atoms with Crippen molar-refractivity contribution in [2.24, 2.45) is 0 Å². The lowest BCUT2D eigenvalue weighted by Crippen LogP contribution is -2.36. The van der Waals surface area contributed by atoms with E-state index in [0.29, 0.717) is 24.0 Å². The fourth-order valence-electron chi connectivity index (χ4n) is 2.59. The number of nitrogen functional groups attached to an aromatic ring is 1. The Labute approximate surface area is 101 Å². The van der Waals surface area contributed by atoms with Gasteiger partial charge >= 0.3 is 0 Å². The summed E-state index contributed by atoms with van der Waals surface area (Å²) in [6.07, 6.45) is 4.58. The second-order valence-corrected chi connectivity index (χ2v) is 4.56. The Bertz CT molecular complexity index is 378. The van der Waals surface area contributed by atoms with Gasteiger partial charge in [-0.1, -0.05) is 12.8 Å². The van der Waals surface area contributed by atoms with E-state index in [-0.39, 0.29) is 12.4 Å². The molecule has 17 heavy (non-hydrogen) atoms. The van der Waals surface area contributed by atoms with Crippen LogP contribution < -0.4 is 10.6 Å². The van der Waals surface area contributed by atoms with Crippen LogP contribution in [0.5, 0.6) is 0 Å². The molecule has 1 aliphatic rings. The third-order valence-corrected chi connectivity index (χ3v) is 3.41. The molecule has 1 fully saturated rings. The third-order valence-electron chi connectivity index (χ3n) is 3.41. The SMILES string of the molecule is Nc1ccc(F)cc1N(CCO)C1CCCC1. The Balaban J connectivity index is 2.27. The summed E-state index contributed by atoms with van der Waals surface area (Å²) in [5, 5.41) is 9.14. The van der Waals surface area contributed by atoms with Crippen LogP contribution in [0.25, 0.3) is 0 Å². The van der Waals surface area contributed by atoms with Crippen molar-refractivity contribution in [1.82, 2.24) is 0 Å². The van der Waals surface area contributed by atoms with Crippen molar-refractivity contribution in [3.8, 4) is 0 Å². The first kappa shape index (κ1) is 12.2. The molecule has 0 aliphatic heterocycles. The molecule has 3 nitrogen and oxygen atoms in total. The summed E-state index contributed by atoms with van der Waals surface area (Å²) in [6, 6.07) is 4.80. The minimum absolute atomic E-state index is 0.0620. The van der Waals surface area contributed by atoms with Crippen LogP contribution in [-0.4, -0.2) is 24.3 Å². The molecule has 1 saturated carbocycles. The summed E-state index contributed by atoms with van der Waals surface area (Å²) in [5.41, 5.74) is 7.19. The molecule has 0 aromatic heterocycles. The lowest BCUT2D eigenvalue weighted by atomic mass is 10.1. The first-order valence-corrected chi connectivity index (χ1v) is 6.15. The van der Waals surface area contributed by atoms with E-state index in [1.54, 1.807) is 6.07 Å². The Hall–Kier alpha value is -1.29. The Morgan fingerprint density at radius 1 is 1.35 bits per heavy atom. The minimum Gasteiger partial charge on any atom is -0.397 e. The van der Waals surface area contributed by atoms with Gasteiger partial charge in [-0.2, -0.15) is 0 Å². The van der Waals surface area contributed by atoms with E-state index in [1.165, 1.54) is 25.0 Å². The predicted octanol–water partition coefficient (Wildman–Crippen LogP) is 2.15. The molecule has 1 aromatic carbocycles. The van der Waals surface area contributed by atoms with Gasteiger partial charge in [0.2, 0.25) is 0 Å². The summed E-state index contributed by atoms with van der Waals surface area (Å²) in [7, 11) is 0. The van der Waals surface area contributed by atoms with Crippen LogP contribution in [0.4, 0.5) is 15.8 Å². The van der Waals surface area contributed by atoms with Crippen LogP contribution in [0.15, 0.2) is 18.2 Å². The molecule has 1 aliphatic carbocycles. The maximum atomic E-state index is 13.3. The van der Waals surface area contributed by atoms with Crippen molar-refractivity contribution in [3.63, 3.8) is 0 Å². The van der Waals surface area contributed by atoms with Gasteiger partial charge < -0.3 is 15.7 Å². The average Bonchev–Trinajstić information content (AvgIpc) is 2.83. The van der Waals surface area contributed by atoms with E-state index < -0.39 is 0 Å². The van der Waals surface area contributed by atoms with Gasteiger partial charge in [-0.3, -0.25) is 0 Å². The minimum atomic E-state index is -0.282. The number of nitrogens with zero attached hydrogens (tertiary/aromatic N) is 1. The Morgan fingerprint density at radius 3 is 2.71 bits per heavy atom. The van der Waals surface area contributed by atoms with Crippen LogP contribution in [0.1, 0.15) is 25.7 Å². The quantitative estimate of drug-likeness (QED) is 0.790. The fourth-order valence-corrected chi connectivity index (χ4v) is 2.59. The van der Waals surface area contributed by atoms with Crippen LogP contribution in [0.3, 0.4) is 0 Å². The highest BCUT2D eigenvalue weighted by atomic mass is 19.1. The highest BCUT2D eigenvalue weighted by molar-refractivity contribution is 5.68. The molecule has 3 N–H and O–H groups in total. The Morgan fingerprint density at radius 2 is 2.06 bits per heavy atom. The monoisotopic (exact) mass is 238 g/mol. The molecule has 0 spiro atoms. The average molecular weight is 238 g/mol. The second kappa shape index (κ2) is 5.36. The first-order valence-electron chi connectivity index (χ1n) is 6.15. The van der Waals surface area contributed by atoms with Gasteiger partial charge in [-0.15, -0.1) is 0 Å². The standard InChI is InChI=1S/C13H19FN2O/c14-10-5-6-12(15)13(9-10)16(7-8-17)11-3-1-2-4-11/h5-6,9,11,17H,1-4,7-8,15H2. The molecule has 0 saturated heterocycles. The van der Waals surface area contributed by atoms with Crippen LogP contribution in [0.2, 0.25) is 0 Å². The molecule has 1 aromatic rings. The summed E-state index contributed by atoms with van der Waals surface area (Å²) >= 11 is 0. The molecule has 0 bridgehead atoms. The number of halogens is 1. The molecule has 0 atom stereocenters. The molecule has 4 heteroatoms. The summed E-state index contributed by atoms with van der Waals surface area (Å²) in [5.74, 6) is -0.282. The number of rotatable bonds is 4. The topological polar surface area (TPSA) is 49.5 Å². The second-order valence-electron chi connectivity index (χ2n) is 4.56. The van der Waals surface area contributed by atoms with Crippen molar-refractivity contribution >= 4 is 11.4 Å². The van der Waals surface area contributed by atoms with Gasteiger partial charge in [-0.25, -0.2) is 4.39 Å². The zero-order chi connectivity index (χ0) is 12.3. The molecule has 0 unspecified atom stereocenters. The van der Waals surface area contributed by atoms with Crippen LogP contribution in [-0.2, 0) is 0 Å². The van der Waals surface area contributed by atoms with E-state index in [9.17, 15) is 4.39 Å². The van der Waals surface area contributed by atoms with E-state index in [0.717, 1.165) is 12.8 Å². The predicted molar refractivity (Wildman–Crippen MR) is 67.5 cm³/mol. The maximum Gasteiger partial charge on any atom is 0.125 e. The number of aliphatic hydroxyl groups is 1. The lowest BCUT2D eigenvalue weighted by molar-refractivity contribution is 0.297. The van der Waals surface area contributed by atoms with Crippen LogP contribution >= 0.6 is 0 Å². The molecule has 0 radical (unpaired) electrons. The molecule has 94 valence electrons. The largest absolute Gasteiger partial charge is 0.397 e. The van der Waals surface area contributed by atoms with E-state index in [2.05, 4.69) is 0 Å². The lowest BCUT2D eigenvalue weighted by Gasteiger charge is -2.31. The van der Waals surface area contributed by atoms with Gasteiger partial charge in [0.25, 0.3) is 0 Å². The van der Waals surface area contributed by atoms with Crippen molar-refractivity contribution in [2.45, 2.75) is 31.7 Å². The number of hydrogen-bond donors (Lipinski definition) is 2. The van der Waals surface area contributed by atoms with Crippen molar-refractivity contribution < 1.29 is 9.50 Å². The molecule has 2 rings (SSSR count). The summed E-state index contributed by atoms with van der Waals surface area (Å²) < 4.78 is 13.3. The zero-order valence-electron chi connectivity index (χ0n) is 9.90. The normalized spacial score (nSPS) is 16.4. The number of benzene rings is 1. The number of nitrogens with two attached hydrogens (primary N) is 1. The maximum absolute atomic E-state index is 13.3. The third kappa shape index (κ3) is 2.69. The molecule has 0 heterocycles. The van der Waals surface area contributed by atoms with Gasteiger partial charge in [0, 0.05) is 12.6 Å². The summed E-state index contributed by atoms with van der Waals surface area (Å²) in [4.78, 5) is 2.05. The molecular formula is C13H19FN2O. The van der Waals surface area contributed by atoms with Gasteiger partial charge in [0.05, 0.1) is 18.0 Å². The van der Waals surface area contributed by atoms with Gasteiger partial charge in [0.1, 0.15) is 5.82 Å².